The number of phenolic OH excluding ortho intramolecular Hbond substituents is 1. The van der Waals surface area contributed by atoms with Crippen molar-refractivity contribution >= 4 is 17.6 Å². The first-order valence-corrected chi connectivity index (χ1v) is 6.04. The van der Waals surface area contributed by atoms with Gasteiger partial charge >= 0.3 is 5.97 Å². The number of carbonyl (C=O) groups is 1. The van der Waals surface area contributed by atoms with E-state index in [9.17, 15) is 14.3 Å². The molecule has 0 amide bonds. The first kappa shape index (κ1) is 13.9. The fourth-order valence-corrected chi connectivity index (χ4v) is 2.56. The Labute approximate surface area is 113 Å². The predicted molar refractivity (Wildman–Crippen MR) is 66.1 cm³/mol. The molecule has 2 atom stereocenters. The standard InChI is InChI=1S/C12H13ClFNO4/c1-19-11-8(16)3-6(14)10(13)9(11)7-2-5(4-15-7)12(17)18/h3,5,7,15-16H,2,4H2,1H3,(H,17,18). The van der Waals surface area contributed by atoms with Gasteiger partial charge in [0.15, 0.2) is 11.5 Å². The second-order valence-electron chi connectivity index (χ2n) is 4.37. The van der Waals surface area contributed by atoms with Crippen molar-refractivity contribution < 1.29 is 24.1 Å². The normalized spacial score (nSPS) is 22.5. The Balaban J connectivity index is 2.42. The van der Waals surface area contributed by atoms with Crippen molar-refractivity contribution in [2.75, 3.05) is 13.7 Å². The van der Waals surface area contributed by atoms with Gasteiger partial charge in [-0.15, -0.1) is 0 Å². The molecule has 1 aliphatic heterocycles. The van der Waals surface area contributed by atoms with Crippen molar-refractivity contribution in [3.63, 3.8) is 0 Å². The van der Waals surface area contributed by atoms with Crippen molar-refractivity contribution in [1.82, 2.24) is 5.32 Å². The molecule has 0 aliphatic carbocycles. The average Bonchev–Trinajstić information content (AvgIpc) is 2.82. The van der Waals surface area contributed by atoms with Crippen molar-refractivity contribution in [1.29, 1.82) is 0 Å². The highest BCUT2D eigenvalue weighted by atomic mass is 35.5. The fraction of sp³-hybridized carbons (Fsp3) is 0.417. The summed E-state index contributed by atoms with van der Waals surface area (Å²) in [5, 5.41) is 21.4. The fourth-order valence-electron chi connectivity index (χ4n) is 2.28. The lowest BCUT2D eigenvalue weighted by molar-refractivity contribution is -0.141. The molecule has 1 aromatic carbocycles. The number of phenols is 1. The van der Waals surface area contributed by atoms with Crippen molar-refractivity contribution in [2.45, 2.75) is 12.5 Å². The van der Waals surface area contributed by atoms with Crippen molar-refractivity contribution in [3.8, 4) is 11.5 Å². The van der Waals surface area contributed by atoms with E-state index in [0.717, 1.165) is 6.07 Å². The zero-order valence-electron chi connectivity index (χ0n) is 10.1. The van der Waals surface area contributed by atoms with E-state index in [1.54, 1.807) is 0 Å². The molecule has 1 fully saturated rings. The van der Waals surface area contributed by atoms with Crippen LogP contribution in [0.15, 0.2) is 6.07 Å². The van der Waals surface area contributed by atoms with Crippen LogP contribution in [0.4, 0.5) is 4.39 Å². The minimum Gasteiger partial charge on any atom is -0.504 e. The van der Waals surface area contributed by atoms with Gasteiger partial charge in [-0.05, 0) is 6.42 Å². The molecule has 1 aromatic rings. The van der Waals surface area contributed by atoms with Crippen LogP contribution in [0.5, 0.6) is 11.5 Å². The molecule has 104 valence electrons. The van der Waals surface area contributed by atoms with Gasteiger partial charge in [0.2, 0.25) is 0 Å². The van der Waals surface area contributed by atoms with Crippen LogP contribution in [0, 0.1) is 11.7 Å². The number of hydrogen-bond donors (Lipinski definition) is 3. The van der Waals surface area contributed by atoms with Crippen LogP contribution < -0.4 is 10.1 Å². The number of benzene rings is 1. The Bertz CT molecular complexity index is 523. The molecule has 1 saturated heterocycles. The summed E-state index contributed by atoms with van der Waals surface area (Å²) in [6, 6.07) is 0.402. The zero-order chi connectivity index (χ0) is 14.2. The van der Waals surface area contributed by atoms with E-state index >= 15 is 0 Å². The number of nitrogens with one attached hydrogen (secondary N) is 1. The number of ether oxygens (including phenoxy) is 1. The van der Waals surface area contributed by atoms with Crippen molar-refractivity contribution in [3.05, 3.63) is 22.5 Å². The highest BCUT2D eigenvalue weighted by Gasteiger charge is 2.34. The van der Waals surface area contributed by atoms with Crippen molar-refractivity contribution in [2.24, 2.45) is 5.92 Å². The average molecular weight is 290 g/mol. The second-order valence-corrected chi connectivity index (χ2v) is 4.75. The molecule has 0 bridgehead atoms. The van der Waals surface area contributed by atoms with Gasteiger partial charge in [0.25, 0.3) is 0 Å². The molecule has 2 rings (SSSR count). The molecule has 2 unspecified atom stereocenters. The smallest absolute Gasteiger partial charge is 0.307 e. The van der Waals surface area contributed by atoms with Gasteiger partial charge in [-0.1, -0.05) is 11.6 Å². The third-order valence-electron chi connectivity index (χ3n) is 3.22. The van der Waals surface area contributed by atoms with E-state index in [2.05, 4.69) is 5.32 Å². The third-order valence-corrected chi connectivity index (χ3v) is 3.60. The maximum absolute atomic E-state index is 13.6. The van der Waals surface area contributed by atoms with E-state index in [1.807, 2.05) is 0 Å². The Morgan fingerprint density at radius 2 is 2.32 bits per heavy atom. The number of halogens is 2. The Hall–Kier alpha value is -1.53. The van der Waals surface area contributed by atoms with Gasteiger partial charge in [0.1, 0.15) is 5.82 Å². The Morgan fingerprint density at radius 3 is 2.84 bits per heavy atom. The number of rotatable bonds is 3. The minimum absolute atomic E-state index is 0.0648. The summed E-state index contributed by atoms with van der Waals surface area (Å²) in [5.41, 5.74) is 0.255. The first-order chi connectivity index (χ1) is 8.95. The SMILES string of the molecule is COc1c(O)cc(F)c(Cl)c1C1CC(C(=O)O)CN1. The topological polar surface area (TPSA) is 78.8 Å². The summed E-state index contributed by atoms with van der Waals surface area (Å²) in [5.74, 6) is -2.56. The molecule has 5 nitrogen and oxygen atoms in total. The van der Waals surface area contributed by atoms with E-state index in [1.165, 1.54) is 7.11 Å². The molecule has 19 heavy (non-hydrogen) atoms. The van der Waals surface area contributed by atoms with E-state index in [-0.39, 0.29) is 35.1 Å². The molecule has 0 saturated carbocycles. The summed E-state index contributed by atoms with van der Waals surface area (Å²) in [4.78, 5) is 10.9. The largest absolute Gasteiger partial charge is 0.504 e. The number of aromatic hydroxyl groups is 1. The van der Waals surface area contributed by atoms with Crippen LogP contribution in [0.3, 0.4) is 0 Å². The van der Waals surface area contributed by atoms with Crippen LogP contribution in [-0.2, 0) is 4.79 Å². The van der Waals surface area contributed by atoms with Crippen LogP contribution in [0.1, 0.15) is 18.0 Å². The number of carboxylic acids is 1. The third kappa shape index (κ3) is 2.46. The summed E-state index contributed by atoms with van der Waals surface area (Å²) in [7, 11) is 1.33. The molecule has 0 radical (unpaired) electrons. The summed E-state index contributed by atoms with van der Waals surface area (Å²) >= 11 is 5.90. The van der Waals surface area contributed by atoms with Gasteiger partial charge in [0.05, 0.1) is 18.1 Å². The lowest BCUT2D eigenvalue weighted by Gasteiger charge is -2.18. The molecule has 3 N–H and O–H groups in total. The first-order valence-electron chi connectivity index (χ1n) is 5.66. The predicted octanol–water partition coefficient (Wildman–Crippen LogP) is 1.93. The molecule has 1 heterocycles. The molecule has 0 spiro atoms. The van der Waals surface area contributed by atoms with Crippen LogP contribution in [-0.4, -0.2) is 29.8 Å². The Morgan fingerprint density at radius 1 is 1.63 bits per heavy atom. The van der Waals surface area contributed by atoms with Gasteiger partial charge in [-0.25, -0.2) is 4.39 Å². The number of aliphatic carboxylic acids is 1. The molecular weight excluding hydrogens is 277 g/mol. The van der Waals surface area contributed by atoms with E-state index in [4.69, 9.17) is 21.4 Å². The quantitative estimate of drug-likeness (QED) is 0.792. The summed E-state index contributed by atoms with van der Waals surface area (Å²) in [6.07, 6.45) is 0.258. The van der Waals surface area contributed by atoms with Gasteiger partial charge < -0.3 is 20.3 Å². The lowest BCUT2D eigenvalue weighted by atomic mass is 9.98. The van der Waals surface area contributed by atoms with Crippen LogP contribution >= 0.6 is 11.6 Å². The van der Waals surface area contributed by atoms with Gasteiger partial charge in [0, 0.05) is 24.2 Å². The number of methoxy groups -OCH3 is 1. The number of hydrogen-bond acceptors (Lipinski definition) is 4. The summed E-state index contributed by atoms with van der Waals surface area (Å²) in [6.45, 7) is 0.261. The molecular formula is C12H13ClFNO4. The monoisotopic (exact) mass is 289 g/mol. The summed E-state index contributed by atoms with van der Waals surface area (Å²) < 4.78 is 18.6. The molecule has 0 aromatic heterocycles. The Kier molecular flexibility index (Phi) is 3.82. The molecule has 7 heteroatoms. The second kappa shape index (κ2) is 5.22. The maximum atomic E-state index is 13.6. The van der Waals surface area contributed by atoms with Gasteiger partial charge in [-0.2, -0.15) is 0 Å². The zero-order valence-corrected chi connectivity index (χ0v) is 10.9. The number of carboxylic acid groups (broad SMARTS) is 1. The van der Waals surface area contributed by atoms with E-state index < -0.39 is 23.7 Å². The van der Waals surface area contributed by atoms with Crippen LogP contribution in [0.2, 0.25) is 5.02 Å². The maximum Gasteiger partial charge on any atom is 0.307 e. The van der Waals surface area contributed by atoms with Crippen LogP contribution in [0.25, 0.3) is 0 Å². The van der Waals surface area contributed by atoms with E-state index in [0.29, 0.717) is 0 Å². The van der Waals surface area contributed by atoms with Gasteiger partial charge in [-0.3, -0.25) is 4.79 Å². The minimum atomic E-state index is -0.925. The highest BCUT2D eigenvalue weighted by molar-refractivity contribution is 6.31. The molecule has 1 aliphatic rings. The lowest BCUT2D eigenvalue weighted by Crippen LogP contribution is -2.17. The highest BCUT2D eigenvalue weighted by Crippen LogP contribution is 2.43.